The number of carbonyl (C=O) groups is 1. The maximum Gasteiger partial charge on any atom is 0.340 e. The van der Waals surface area contributed by atoms with Crippen molar-refractivity contribution in [1.82, 2.24) is 15.1 Å². The third-order valence-electron chi connectivity index (χ3n) is 4.43. The second-order valence-electron chi connectivity index (χ2n) is 5.91. The van der Waals surface area contributed by atoms with Gasteiger partial charge in [-0.15, -0.1) is 0 Å². The molecule has 1 N–H and O–H groups in total. The van der Waals surface area contributed by atoms with Crippen molar-refractivity contribution in [3.05, 3.63) is 23.9 Å². The number of anilines is 1. The lowest BCUT2D eigenvalue weighted by atomic mass is 10.0. The van der Waals surface area contributed by atoms with Crippen LogP contribution in [0.5, 0.6) is 0 Å². The van der Waals surface area contributed by atoms with Crippen molar-refractivity contribution in [3.8, 4) is 0 Å². The van der Waals surface area contributed by atoms with Crippen LogP contribution in [-0.2, 0) is 4.74 Å². The predicted octanol–water partition coefficient (Wildman–Crippen LogP) is 2.18. The van der Waals surface area contributed by atoms with Gasteiger partial charge in [0.25, 0.3) is 0 Å². The molecular formula is C16H21FN4O2. The minimum Gasteiger partial charge on any atom is -0.465 e. The van der Waals surface area contributed by atoms with E-state index in [0.29, 0.717) is 17.6 Å². The second kappa shape index (κ2) is 6.16. The van der Waals surface area contributed by atoms with Gasteiger partial charge in [0.05, 0.1) is 30.1 Å². The Labute approximate surface area is 134 Å². The summed E-state index contributed by atoms with van der Waals surface area (Å²) in [6, 6.07) is 3.52. The molecule has 1 aliphatic heterocycles. The summed E-state index contributed by atoms with van der Waals surface area (Å²) in [4.78, 5) is 15.7. The van der Waals surface area contributed by atoms with Crippen molar-refractivity contribution in [2.45, 2.75) is 25.7 Å². The van der Waals surface area contributed by atoms with Gasteiger partial charge in [-0.3, -0.25) is 10.00 Å². The van der Waals surface area contributed by atoms with Gasteiger partial charge in [-0.05, 0) is 25.6 Å². The number of fused-ring (bicyclic) bond motifs is 1. The number of carbonyl (C=O) groups excluding carboxylic acids is 1. The number of halogens is 1. The molecule has 1 aromatic carbocycles. The van der Waals surface area contributed by atoms with Crippen LogP contribution in [0.4, 0.5) is 10.1 Å². The molecule has 0 spiro atoms. The molecule has 2 heterocycles. The Morgan fingerprint density at radius 1 is 1.48 bits per heavy atom. The van der Waals surface area contributed by atoms with Crippen LogP contribution < -0.4 is 4.90 Å². The standard InChI is InChI=1S/C16H21FN4O2/c1-4-10-8-20(2)9-14(17)21(10)13-6-5-11(16(22)23-3)15-12(13)7-18-19-15/h5-7,10,14H,4,8-9H2,1-3H3,(H,18,19). The maximum atomic E-state index is 14.7. The minimum atomic E-state index is -1.10. The summed E-state index contributed by atoms with van der Waals surface area (Å²) in [7, 11) is 3.27. The Morgan fingerprint density at radius 2 is 2.26 bits per heavy atom. The Balaban J connectivity index is 2.09. The van der Waals surface area contributed by atoms with Crippen LogP contribution in [0.25, 0.3) is 10.9 Å². The van der Waals surface area contributed by atoms with Crippen molar-refractivity contribution in [3.63, 3.8) is 0 Å². The Morgan fingerprint density at radius 3 is 2.96 bits per heavy atom. The Kier molecular flexibility index (Phi) is 4.21. The predicted molar refractivity (Wildman–Crippen MR) is 86.4 cm³/mol. The first-order valence-electron chi connectivity index (χ1n) is 7.72. The van der Waals surface area contributed by atoms with Gasteiger partial charge in [0.2, 0.25) is 0 Å². The maximum absolute atomic E-state index is 14.7. The van der Waals surface area contributed by atoms with Crippen molar-refractivity contribution < 1.29 is 13.9 Å². The van der Waals surface area contributed by atoms with E-state index in [-0.39, 0.29) is 6.04 Å². The third kappa shape index (κ3) is 2.65. The van der Waals surface area contributed by atoms with Crippen LogP contribution in [0, 0.1) is 0 Å². The molecule has 3 rings (SSSR count). The molecule has 2 aromatic rings. The number of esters is 1. The smallest absolute Gasteiger partial charge is 0.340 e. The first-order chi connectivity index (χ1) is 11.1. The summed E-state index contributed by atoms with van der Waals surface area (Å²) in [5, 5.41) is 7.60. The molecule has 6 nitrogen and oxygen atoms in total. The summed E-state index contributed by atoms with van der Waals surface area (Å²) in [5.41, 5.74) is 1.74. The number of aromatic amines is 1. The molecule has 0 amide bonds. The zero-order valence-electron chi connectivity index (χ0n) is 13.5. The van der Waals surface area contributed by atoms with Crippen LogP contribution in [0.3, 0.4) is 0 Å². The lowest BCUT2D eigenvalue weighted by Crippen LogP contribution is -2.56. The van der Waals surface area contributed by atoms with Gasteiger partial charge in [-0.2, -0.15) is 5.10 Å². The molecule has 7 heteroatoms. The summed E-state index contributed by atoms with van der Waals surface area (Å²) >= 11 is 0. The minimum absolute atomic E-state index is 0.0748. The molecule has 1 fully saturated rings. The Bertz CT molecular complexity index is 717. The van der Waals surface area contributed by atoms with Crippen LogP contribution in [0.2, 0.25) is 0 Å². The number of nitrogens with one attached hydrogen (secondary N) is 1. The fourth-order valence-electron chi connectivity index (χ4n) is 3.30. The summed E-state index contributed by atoms with van der Waals surface area (Å²) in [6.07, 6.45) is 1.37. The van der Waals surface area contributed by atoms with Gasteiger partial charge in [0.15, 0.2) is 6.30 Å². The molecule has 0 aliphatic carbocycles. The number of rotatable bonds is 3. The van der Waals surface area contributed by atoms with Gasteiger partial charge in [0, 0.05) is 24.5 Å². The van der Waals surface area contributed by atoms with Gasteiger partial charge in [-0.1, -0.05) is 6.92 Å². The molecule has 0 radical (unpaired) electrons. The van der Waals surface area contributed by atoms with Gasteiger partial charge >= 0.3 is 5.97 Å². The van der Waals surface area contributed by atoms with E-state index in [1.54, 1.807) is 23.2 Å². The molecule has 1 aliphatic rings. The normalized spacial score (nSPS) is 22.5. The number of piperazine rings is 1. The number of methoxy groups -OCH3 is 1. The molecule has 1 saturated heterocycles. The van der Waals surface area contributed by atoms with Gasteiger partial charge in [-0.25, -0.2) is 9.18 Å². The number of likely N-dealkylation sites (N-methyl/N-ethyl adjacent to an activating group) is 1. The van der Waals surface area contributed by atoms with E-state index in [2.05, 4.69) is 17.1 Å². The number of H-pyrrole nitrogens is 1. The number of ether oxygens (including phenoxy) is 1. The molecule has 124 valence electrons. The third-order valence-corrected chi connectivity index (χ3v) is 4.43. The number of nitrogens with zero attached hydrogens (tertiary/aromatic N) is 3. The number of alkyl halides is 1. The van der Waals surface area contributed by atoms with Crippen LogP contribution in [0.1, 0.15) is 23.7 Å². The number of benzene rings is 1. The average molecular weight is 320 g/mol. The molecule has 0 saturated carbocycles. The van der Waals surface area contributed by atoms with E-state index in [4.69, 9.17) is 4.74 Å². The fraction of sp³-hybridized carbons (Fsp3) is 0.500. The molecule has 1 aromatic heterocycles. The molecule has 0 bridgehead atoms. The van der Waals surface area contributed by atoms with Crippen molar-refractivity contribution in [2.75, 3.05) is 32.1 Å². The molecule has 2 atom stereocenters. The van der Waals surface area contributed by atoms with Crippen molar-refractivity contribution >= 4 is 22.6 Å². The SMILES string of the molecule is CCC1CN(C)CC(F)N1c1ccc(C(=O)OC)c2[nH]ncc12. The highest BCUT2D eigenvalue weighted by atomic mass is 19.1. The summed E-state index contributed by atoms with van der Waals surface area (Å²) in [5.74, 6) is -0.437. The van der Waals surface area contributed by atoms with Crippen LogP contribution in [-0.4, -0.2) is 60.7 Å². The lowest BCUT2D eigenvalue weighted by Gasteiger charge is -2.43. The zero-order valence-corrected chi connectivity index (χ0v) is 13.5. The topological polar surface area (TPSA) is 61.5 Å². The van der Waals surface area contributed by atoms with E-state index in [1.807, 2.05) is 11.9 Å². The van der Waals surface area contributed by atoms with Crippen molar-refractivity contribution in [2.24, 2.45) is 0 Å². The Hall–Kier alpha value is -2.15. The lowest BCUT2D eigenvalue weighted by molar-refractivity contribution is 0.0603. The monoisotopic (exact) mass is 320 g/mol. The fourth-order valence-corrected chi connectivity index (χ4v) is 3.30. The highest BCUT2D eigenvalue weighted by Gasteiger charge is 2.33. The van der Waals surface area contributed by atoms with E-state index < -0.39 is 12.3 Å². The molecule has 23 heavy (non-hydrogen) atoms. The first-order valence-corrected chi connectivity index (χ1v) is 7.72. The van der Waals surface area contributed by atoms with Gasteiger partial charge in [0.1, 0.15) is 0 Å². The molecule has 2 unspecified atom stereocenters. The summed E-state index contributed by atoms with van der Waals surface area (Å²) < 4.78 is 19.5. The van der Waals surface area contributed by atoms with Crippen LogP contribution in [0.15, 0.2) is 18.3 Å². The number of hydrogen-bond donors (Lipinski definition) is 1. The number of aromatic nitrogens is 2. The van der Waals surface area contributed by atoms with E-state index in [1.165, 1.54) is 7.11 Å². The first kappa shape index (κ1) is 15.7. The van der Waals surface area contributed by atoms with Gasteiger partial charge < -0.3 is 9.64 Å². The molecular weight excluding hydrogens is 299 g/mol. The van der Waals surface area contributed by atoms with E-state index in [0.717, 1.165) is 24.0 Å². The van der Waals surface area contributed by atoms with E-state index in [9.17, 15) is 9.18 Å². The zero-order chi connectivity index (χ0) is 16.6. The van der Waals surface area contributed by atoms with E-state index >= 15 is 0 Å². The van der Waals surface area contributed by atoms with Crippen LogP contribution >= 0.6 is 0 Å². The number of hydrogen-bond acceptors (Lipinski definition) is 5. The largest absolute Gasteiger partial charge is 0.465 e. The van der Waals surface area contributed by atoms with Crippen molar-refractivity contribution in [1.29, 1.82) is 0 Å². The highest BCUT2D eigenvalue weighted by Crippen LogP contribution is 2.34. The average Bonchev–Trinajstić information content (AvgIpc) is 3.02. The highest BCUT2D eigenvalue weighted by molar-refractivity contribution is 6.06. The second-order valence-corrected chi connectivity index (χ2v) is 5.91. The quantitative estimate of drug-likeness (QED) is 0.694. The summed E-state index contributed by atoms with van der Waals surface area (Å²) in [6.45, 7) is 3.21.